The van der Waals surface area contributed by atoms with Gasteiger partial charge in [0.1, 0.15) is 11.4 Å². The van der Waals surface area contributed by atoms with Crippen LogP contribution in [-0.4, -0.2) is 22.5 Å². The average Bonchev–Trinajstić information content (AvgIpc) is 2.49. The summed E-state index contributed by atoms with van der Waals surface area (Å²) in [6.45, 7) is 0. The van der Waals surface area contributed by atoms with Crippen LogP contribution in [0.15, 0.2) is 27.8 Å². The molecule has 1 aromatic rings. The van der Waals surface area contributed by atoms with Crippen LogP contribution in [0.2, 0.25) is 0 Å². The molecule has 0 aliphatic heterocycles. The number of carbonyl (C=O) groups is 1. The highest BCUT2D eigenvalue weighted by Gasteiger charge is 2.38. The molecule has 1 aliphatic carbocycles. The Morgan fingerprint density at radius 3 is 2.67 bits per heavy atom. The molecule has 0 atom stereocenters. The molecule has 7 heteroatoms. The molecule has 1 aromatic carbocycles. The van der Waals surface area contributed by atoms with Crippen LogP contribution in [0.25, 0.3) is 0 Å². The third-order valence-electron chi connectivity index (χ3n) is 3.83. The fourth-order valence-electron chi connectivity index (χ4n) is 2.65. The van der Waals surface area contributed by atoms with E-state index >= 15 is 0 Å². The summed E-state index contributed by atoms with van der Waals surface area (Å²) in [4.78, 5) is 12.4. The molecule has 21 heavy (non-hydrogen) atoms. The van der Waals surface area contributed by atoms with Gasteiger partial charge in [0.2, 0.25) is 0 Å². The van der Waals surface area contributed by atoms with Crippen LogP contribution in [0.5, 0.6) is 0 Å². The van der Waals surface area contributed by atoms with Gasteiger partial charge in [-0.1, -0.05) is 24.4 Å². The first-order valence-corrected chi connectivity index (χ1v) is 7.53. The van der Waals surface area contributed by atoms with E-state index in [0.717, 1.165) is 25.3 Å². The largest absolute Gasteiger partial charge is 0.409 e. The summed E-state index contributed by atoms with van der Waals surface area (Å²) in [7, 11) is 0. The smallest absolute Gasteiger partial charge is 0.253 e. The molecule has 1 aliphatic rings. The van der Waals surface area contributed by atoms with Crippen molar-refractivity contribution in [2.45, 2.75) is 37.6 Å². The second-order valence-electron chi connectivity index (χ2n) is 5.21. The van der Waals surface area contributed by atoms with E-state index in [4.69, 9.17) is 10.9 Å². The van der Waals surface area contributed by atoms with Gasteiger partial charge in [0.15, 0.2) is 5.84 Å². The lowest BCUT2D eigenvalue weighted by Crippen LogP contribution is -2.58. The highest BCUT2D eigenvalue weighted by atomic mass is 79.9. The van der Waals surface area contributed by atoms with E-state index in [1.54, 1.807) is 0 Å². The number of rotatable bonds is 3. The Bertz CT molecular complexity index is 571. The first kappa shape index (κ1) is 15.8. The summed E-state index contributed by atoms with van der Waals surface area (Å²) in [6, 6.07) is 3.89. The van der Waals surface area contributed by atoms with Gasteiger partial charge in [0.25, 0.3) is 5.91 Å². The van der Waals surface area contributed by atoms with Crippen molar-refractivity contribution in [3.05, 3.63) is 34.1 Å². The maximum absolute atomic E-state index is 13.3. The summed E-state index contributed by atoms with van der Waals surface area (Å²) in [5.41, 5.74) is 5.10. The van der Waals surface area contributed by atoms with Crippen molar-refractivity contribution in [2.75, 3.05) is 0 Å². The standard InChI is InChI=1S/C14H17BrFN3O2/c15-11-5-4-9(16)8-10(11)12(20)18-14(13(17)19-21)6-2-1-3-7-14/h4-5,8,21H,1-3,6-7H2,(H2,17,19)(H,18,20). The van der Waals surface area contributed by atoms with Crippen LogP contribution in [-0.2, 0) is 0 Å². The van der Waals surface area contributed by atoms with Crippen LogP contribution in [0.1, 0.15) is 42.5 Å². The van der Waals surface area contributed by atoms with Gasteiger partial charge in [0, 0.05) is 4.47 Å². The van der Waals surface area contributed by atoms with Crippen LogP contribution in [0.3, 0.4) is 0 Å². The van der Waals surface area contributed by atoms with Crippen molar-refractivity contribution in [1.29, 1.82) is 0 Å². The number of nitrogens with two attached hydrogens (primary N) is 1. The summed E-state index contributed by atoms with van der Waals surface area (Å²) in [6.07, 6.45) is 3.99. The van der Waals surface area contributed by atoms with E-state index < -0.39 is 17.3 Å². The molecule has 0 radical (unpaired) electrons. The second kappa shape index (κ2) is 6.43. The second-order valence-corrected chi connectivity index (χ2v) is 6.06. The lowest BCUT2D eigenvalue weighted by atomic mass is 9.80. The van der Waals surface area contributed by atoms with E-state index in [0.29, 0.717) is 17.3 Å². The van der Waals surface area contributed by atoms with Crippen molar-refractivity contribution in [3.8, 4) is 0 Å². The topological polar surface area (TPSA) is 87.7 Å². The highest BCUT2D eigenvalue weighted by molar-refractivity contribution is 9.10. The number of halogens is 2. The molecule has 0 heterocycles. The number of carbonyl (C=O) groups excluding carboxylic acids is 1. The van der Waals surface area contributed by atoms with Gasteiger partial charge in [0.05, 0.1) is 5.56 Å². The lowest BCUT2D eigenvalue weighted by Gasteiger charge is -2.36. The molecule has 0 aromatic heterocycles. The molecule has 1 saturated carbocycles. The van der Waals surface area contributed by atoms with E-state index in [-0.39, 0.29) is 11.4 Å². The van der Waals surface area contributed by atoms with E-state index in [1.165, 1.54) is 12.1 Å². The molecule has 0 spiro atoms. The number of hydrogen-bond acceptors (Lipinski definition) is 3. The maximum Gasteiger partial charge on any atom is 0.253 e. The molecular formula is C14H17BrFN3O2. The van der Waals surface area contributed by atoms with E-state index in [1.807, 2.05) is 0 Å². The minimum absolute atomic E-state index is 0.0110. The number of benzene rings is 1. The minimum Gasteiger partial charge on any atom is -0.409 e. The lowest BCUT2D eigenvalue weighted by molar-refractivity contribution is 0.0904. The average molecular weight is 358 g/mol. The van der Waals surface area contributed by atoms with Gasteiger partial charge >= 0.3 is 0 Å². The Balaban J connectivity index is 2.28. The van der Waals surface area contributed by atoms with E-state index in [9.17, 15) is 9.18 Å². The van der Waals surface area contributed by atoms with Crippen molar-refractivity contribution in [3.63, 3.8) is 0 Å². The number of nitrogens with one attached hydrogen (secondary N) is 1. The predicted octanol–water partition coefficient (Wildman–Crippen LogP) is 2.77. The third kappa shape index (κ3) is 3.34. The van der Waals surface area contributed by atoms with Crippen LogP contribution >= 0.6 is 15.9 Å². The monoisotopic (exact) mass is 357 g/mol. The summed E-state index contributed by atoms with van der Waals surface area (Å²) < 4.78 is 13.8. The molecule has 1 fully saturated rings. The van der Waals surface area contributed by atoms with Crippen LogP contribution in [0, 0.1) is 5.82 Å². The fraction of sp³-hybridized carbons (Fsp3) is 0.429. The van der Waals surface area contributed by atoms with Crippen molar-refractivity contribution < 1.29 is 14.4 Å². The zero-order valence-electron chi connectivity index (χ0n) is 11.4. The summed E-state index contributed by atoms with van der Waals surface area (Å²) in [5, 5.41) is 14.9. The maximum atomic E-state index is 13.3. The zero-order chi connectivity index (χ0) is 15.5. The molecule has 0 unspecified atom stereocenters. The normalized spacial score (nSPS) is 18.3. The number of oxime groups is 1. The van der Waals surface area contributed by atoms with Gasteiger partial charge in [-0.25, -0.2) is 4.39 Å². The quantitative estimate of drug-likeness (QED) is 0.336. The van der Waals surface area contributed by atoms with Gasteiger partial charge < -0.3 is 16.3 Å². The first-order valence-electron chi connectivity index (χ1n) is 6.74. The van der Waals surface area contributed by atoms with Crippen LogP contribution < -0.4 is 11.1 Å². The zero-order valence-corrected chi connectivity index (χ0v) is 13.0. The Hall–Kier alpha value is -1.63. The third-order valence-corrected chi connectivity index (χ3v) is 4.52. The molecule has 0 saturated heterocycles. The molecule has 114 valence electrons. The Kier molecular flexibility index (Phi) is 4.82. The fourth-order valence-corrected chi connectivity index (χ4v) is 3.08. The Morgan fingerprint density at radius 2 is 2.05 bits per heavy atom. The predicted molar refractivity (Wildman–Crippen MR) is 80.8 cm³/mol. The minimum atomic E-state index is -0.865. The molecule has 4 N–H and O–H groups in total. The molecule has 5 nitrogen and oxygen atoms in total. The number of nitrogens with zero attached hydrogens (tertiary/aromatic N) is 1. The van der Waals surface area contributed by atoms with Crippen molar-refractivity contribution in [1.82, 2.24) is 5.32 Å². The van der Waals surface area contributed by atoms with Gasteiger partial charge in [-0.05, 0) is 47.0 Å². The van der Waals surface area contributed by atoms with Crippen molar-refractivity contribution >= 4 is 27.7 Å². The highest BCUT2D eigenvalue weighted by Crippen LogP contribution is 2.29. The number of hydrogen-bond donors (Lipinski definition) is 3. The van der Waals surface area contributed by atoms with E-state index in [2.05, 4.69) is 26.4 Å². The Morgan fingerprint density at radius 1 is 1.38 bits per heavy atom. The molecule has 2 rings (SSSR count). The van der Waals surface area contributed by atoms with Crippen molar-refractivity contribution in [2.24, 2.45) is 10.9 Å². The van der Waals surface area contributed by atoms with Gasteiger partial charge in [-0.15, -0.1) is 0 Å². The van der Waals surface area contributed by atoms with Gasteiger partial charge in [-0.2, -0.15) is 0 Å². The summed E-state index contributed by atoms with van der Waals surface area (Å²) in [5.74, 6) is -0.956. The Labute approximate surface area is 130 Å². The molecular weight excluding hydrogens is 341 g/mol. The summed E-state index contributed by atoms with van der Waals surface area (Å²) >= 11 is 3.23. The first-order chi connectivity index (χ1) is 9.98. The number of amidine groups is 1. The SMILES string of the molecule is N/C(=N/O)C1(NC(=O)c2cc(F)ccc2Br)CCCCC1. The number of amides is 1. The molecule has 1 amide bonds. The van der Waals surface area contributed by atoms with Gasteiger partial charge in [-0.3, -0.25) is 4.79 Å². The molecule has 0 bridgehead atoms. The van der Waals surface area contributed by atoms with Crippen LogP contribution in [0.4, 0.5) is 4.39 Å².